The monoisotopic (exact) mass is 375 g/mol. The molecule has 1 N–H and O–H groups in total. The van der Waals surface area contributed by atoms with Gasteiger partial charge in [0.2, 0.25) is 5.91 Å². The van der Waals surface area contributed by atoms with Crippen molar-refractivity contribution in [2.45, 2.75) is 13.2 Å². The van der Waals surface area contributed by atoms with Crippen molar-refractivity contribution >= 4 is 16.9 Å². The molecule has 7 nitrogen and oxygen atoms in total. The summed E-state index contributed by atoms with van der Waals surface area (Å²) in [7, 11) is 1.76. The van der Waals surface area contributed by atoms with E-state index in [0.717, 1.165) is 22.3 Å². The zero-order chi connectivity index (χ0) is 19.3. The lowest BCUT2D eigenvalue weighted by Gasteiger charge is -2.16. The van der Waals surface area contributed by atoms with Crippen LogP contribution in [0, 0.1) is 0 Å². The predicted molar refractivity (Wildman–Crippen MR) is 106 cm³/mol. The number of imidazole rings is 1. The average molecular weight is 375 g/mol. The molecule has 0 saturated heterocycles. The van der Waals surface area contributed by atoms with Crippen LogP contribution in [-0.4, -0.2) is 44.2 Å². The van der Waals surface area contributed by atoms with Crippen LogP contribution in [-0.2, 0) is 22.7 Å². The summed E-state index contributed by atoms with van der Waals surface area (Å²) in [6.45, 7) is 0.736. The van der Waals surface area contributed by atoms with Gasteiger partial charge in [0, 0.05) is 25.4 Å². The van der Waals surface area contributed by atoms with E-state index >= 15 is 0 Å². The minimum atomic E-state index is -0.0939. The number of hydrogen-bond acceptors (Lipinski definition) is 4. The molecule has 0 aliphatic heterocycles. The largest absolute Gasteiger partial charge is 0.364 e. The van der Waals surface area contributed by atoms with Gasteiger partial charge in [0.15, 0.2) is 0 Å². The van der Waals surface area contributed by atoms with Gasteiger partial charge in [0.25, 0.3) is 0 Å². The van der Waals surface area contributed by atoms with Crippen LogP contribution in [0.4, 0.5) is 0 Å². The Morgan fingerprint density at radius 3 is 2.75 bits per heavy atom. The molecule has 0 unspecified atom stereocenters. The summed E-state index contributed by atoms with van der Waals surface area (Å²) in [6.07, 6.45) is 3.69. The molecular weight excluding hydrogens is 354 g/mol. The van der Waals surface area contributed by atoms with Crippen molar-refractivity contribution in [2.75, 3.05) is 13.7 Å². The number of likely N-dealkylation sites (N-methyl/N-ethyl adjacent to an activating group) is 1. The maximum absolute atomic E-state index is 12.3. The van der Waals surface area contributed by atoms with E-state index < -0.39 is 0 Å². The number of benzene rings is 2. The molecule has 2 aromatic heterocycles. The highest BCUT2D eigenvalue weighted by atomic mass is 16.5. The number of nitrogens with one attached hydrogen (secondary N) is 1. The Kier molecular flexibility index (Phi) is 5.16. The lowest BCUT2D eigenvalue weighted by molar-refractivity contribution is -0.135. The number of nitrogens with zero attached hydrogens (tertiary/aromatic N) is 4. The standard InChI is InChI=1S/C21H21N5O2/c1-25(12-16-11-22-26(13-16)17-7-3-2-4-8-17)21(27)15-28-14-20-23-18-9-5-6-10-19(18)24-20/h2-11,13H,12,14-15H2,1H3,(H,23,24). The maximum Gasteiger partial charge on any atom is 0.248 e. The molecule has 1 amide bonds. The molecule has 0 atom stereocenters. The number of carbonyl (C=O) groups is 1. The number of fused-ring (bicyclic) bond motifs is 1. The Hall–Kier alpha value is -3.45. The summed E-state index contributed by atoms with van der Waals surface area (Å²) in [5.74, 6) is 0.615. The summed E-state index contributed by atoms with van der Waals surface area (Å²) in [5, 5.41) is 4.36. The summed E-state index contributed by atoms with van der Waals surface area (Å²) < 4.78 is 7.34. The quantitative estimate of drug-likeness (QED) is 0.539. The van der Waals surface area contributed by atoms with Gasteiger partial charge < -0.3 is 14.6 Å². The van der Waals surface area contributed by atoms with Crippen LogP contribution in [0.1, 0.15) is 11.4 Å². The first-order valence-corrected chi connectivity index (χ1v) is 9.03. The van der Waals surface area contributed by atoms with Gasteiger partial charge in [-0.25, -0.2) is 9.67 Å². The van der Waals surface area contributed by atoms with E-state index in [1.165, 1.54) is 0 Å². The SMILES string of the molecule is CN(Cc1cnn(-c2ccccc2)c1)C(=O)COCc1nc2ccccc2[nH]1. The van der Waals surface area contributed by atoms with E-state index in [1.807, 2.05) is 60.8 Å². The zero-order valence-electron chi connectivity index (χ0n) is 15.6. The van der Waals surface area contributed by atoms with Crippen molar-refractivity contribution < 1.29 is 9.53 Å². The van der Waals surface area contributed by atoms with Gasteiger partial charge in [-0.2, -0.15) is 5.10 Å². The molecule has 0 radical (unpaired) electrons. The zero-order valence-corrected chi connectivity index (χ0v) is 15.6. The van der Waals surface area contributed by atoms with Crippen molar-refractivity contribution in [3.8, 4) is 5.69 Å². The highest BCUT2D eigenvalue weighted by Gasteiger charge is 2.12. The van der Waals surface area contributed by atoms with Crippen molar-refractivity contribution in [1.82, 2.24) is 24.6 Å². The Balaban J connectivity index is 1.28. The molecule has 7 heteroatoms. The van der Waals surface area contributed by atoms with Crippen molar-refractivity contribution in [3.63, 3.8) is 0 Å². The molecule has 2 aromatic carbocycles. The molecule has 4 aromatic rings. The number of rotatable bonds is 7. The van der Waals surface area contributed by atoms with Gasteiger partial charge in [0.1, 0.15) is 19.0 Å². The van der Waals surface area contributed by atoms with E-state index in [1.54, 1.807) is 22.8 Å². The molecule has 28 heavy (non-hydrogen) atoms. The fourth-order valence-electron chi connectivity index (χ4n) is 2.94. The topological polar surface area (TPSA) is 76.0 Å². The Bertz CT molecular complexity index is 1040. The maximum atomic E-state index is 12.3. The highest BCUT2D eigenvalue weighted by Crippen LogP contribution is 2.11. The van der Waals surface area contributed by atoms with E-state index in [2.05, 4.69) is 15.1 Å². The number of ether oxygens (including phenoxy) is 1. The van der Waals surface area contributed by atoms with Gasteiger partial charge in [-0.1, -0.05) is 30.3 Å². The molecule has 0 fully saturated rings. The summed E-state index contributed by atoms with van der Waals surface area (Å²) in [6, 6.07) is 17.6. The fourth-order valence-corrected chi connectivity index (χ4v) is 2.94. The molecule has 2 heterocycles. The smallest absolute Gasteiger partial charge is 0.248 e. The van der Waals surface area contributed by atoms with Crippen LogP contribution >= 0.6 is 0 Å². The van der Waals surface area contributed by atoms with Gasteiger partial charge in [-0.3, -0.25) is 4.79 Å². The van der Waals surface area contributed by atoms with Crippen LogP contribution < -0.4 is 0 Å². The van der Waals surface area contributed by atoms with Gasteiger partial charge in [0.05, 0.1) is 22.9 Å². The average Bonchev–Trinajstić information content (AvgIpc) is 3.35. The number of aromatic amines is 1. The molecule has 0 bridgehead atoms. The van der Waals surface area contributed by atoms with Crippen molar-refractivity contribution in [3.05, 3.63) is 78.4 Å². The summed E-state index contributed by atoms with van der Waals surface area (Å²) in [5.41, 5.74) is 3.79. The second kappa shape index (κ2) is 8.06. The normalized spacial score (nSPS) is 11.0. The third-order valence-electron chi connectivity index (χ3n) is 4.41. The van der Waals surface area contributed by atoms with Gasteiger partial charge >= 0.3 is 0 Å². The first-order chi connectivity index (χ1) is 13.7. The molecule has 4 rings (SSSR count). The van der Waals surface area contributed by atoms with Crippen molar-refractivity contribution in [1.29, 1.82) is 0 Å². The van der Waals surface area contributed by atoms with Gasteiger partial charge in [-0.15, -0.1) is 0 Å². The molecule has 0 aliphatic rings. The third kappa shape index (κ3) is 4.10. The van der Waals surface area contributed by atoms with E-state index in [-0.39, 0.29) is 19.1 Å². The fraction of sp³-hybridized carbons (Fsp3) is 0.190. The Morgan fingerprint density at radius 2 is 1.93 bits per heavy atom. The second-order valence-corrected chi connectivity index (χ2v) is 6.57. The number of amides is 1. The number of hydrogen-bond donors (Lipinski definition) is 1. The summed E-state index contributed by atoms with van der Waals surface area (Å²) in [4.78, 5) is 21.6. The van der Waals surface area contributed by atoms with Crippen LogP contribution in [0.5, 0.6) is 0 Å². The van der Waals surface area contributed by atoms with E-state index in [9.17, 15) is 4.79 Å². The highest BCUT2D eigenvalue weighted by molar-refractivity contribution is 5.77. The van der Waals surface area contributed by atoms with E-state index in [0.29, 0.717) is 12.4 Å². The molecular formula is C21H21N5O2. The number of H-pyrrole nitrogens is 1. The Morgan fingerprint density at radius 1 is 1.14 bits per heavy atom. The molecule has 0 spiro atoms. The minimum Gasteiger partial charge on any atom is -0.364 e. The van der Waals surface area contributed by atoms with Crippen LogP contribution in [0.25, 0.3) is 16.7 Å². The number of carbonyl (C=O) groups excluding carboxylic acids is 1. The Labute approximate surface area is 162 Å². The van der Waals surface area contributed by atoms with Crippen LogP contribution in [0.3, 0.4) is 0 Å². The van der Waals surface area contributed by atoms with E-state index in [4.69, 9.17) is 4.74 Å². The van der Waals surface area contributed by atoms with Crippen molar-refractivity contribution in [2.24, 2.45) is 0 Å². The lowest BCUT2D eigenvalue weighted by Crippen LogP contribution is -2.29. The van der Waals surface area contributed by atoms with Crippen LogP contribution in [0.2, 0.25) is 0 Å². The molecule has 142 valence electrons. The van der Waals surface area contributed by atoms with Crippen LogP contribution in [0.15, 0.2) is 67.0 Å². The summed E-state index contributed by atoms with van der Waals surface area (Å²) >= 11 is 0. The number of aromatic nitrogens is 4. The first kappa shape index (κ1) is 17.9. The second-order valence-electron chi connectivity index (χ2n) is 6.57. The molecule has 0 aliphatic carbocycles. The number of para-hydroxylation sites is 3. The lowest BCUT2D eigenvalue weighted by atomic mass is 10.3. The third-order valence-corrected chi connectivity index (χ3v) is 4.41. The minimum absolute atomic E-state index is 0.000365. The van der Waals surface area contributed by atoms with Gasteiger partial charge in [-0.05, 0) is 24.3 Å². The predicted octanol–water partition coefficient (Wildman–Crippen LogP) is 2.92. The first-order valence-electron chi connectivity index (χ1n) is 9.03. The molecule has 0 saturated carbocycles.